The number of likely N-dealkylation sites (tertiary alicyclic amines) is 1. The summed E-state index contributed by atoms with van der Waals surface area (Å²) in [6, 6.07) is 10.4. The Balaban J connectivity index is 1.38. The van der Waals surface area contributed by atoms with Crippen LogP contribution in [0.2, 0.25) is 0 Å². The number of rotatable bonds is 4. The molecule has 2 fully saturated rings. The standard InChI is InChI=1S/C16H19N3O/c20-16(14-4-5-14)11-18(12-16)10-13-2-6-15(7-3-13)19-9-1-8-17-19/h1-3,6-9,14,20H,4-5,10-12H2. The molecule has 4 heteroatoms. The van der Waals surface area contributed by atoms with Crippen LogP contribution in [0.15, 0.2) is 42.7 Å². The zero-order valence-corrected chi connectivity index (χ0v) is 11.4. The highest BCUT2D eigenvalue weighted by atomic mass is 16.3. The minimum atomic E-state index is -0.380. The molecule has 104 valence electrons. The van der Waals surface area contributed by atoms with Crippen LogP contribution in [0.4, 0.5) is 0 Å². The molecule has 0 atom stereocenters. The number of hydrogen-bond donors (Lipinski definition) is 1. The first kappa shape index (κ1) is 12.1. The first-order chi connectivity index (χ1) is 9.73. The van der Waals surface area contributed by atoms with Gasteiger partial charge >= 0.3 is 0 Å². The summed E-state index contributed by atoms with van der Waals surface area (Å²) in [4.78, 5) is 2.32. The smallest absolute Gasteiger partial charge is 0.0928 e. The van der Waals surface area contributed by atoms with Crippen molar-refractivity contribution in [3.8, 4) is 5.69 Å². The molecule has 1 N–H and O–H groups in total. The van der Waals surface area contributed by atoms with E-state index in [1.165, 1.54) is 18.4 Å². The molecule has 1 saturated heterocycles. The molecule has 0 bridgehead atoms. The topological polar surface area (TPSA) is 41.3 Å². The van der Waals surface area contributed by atoms with Crippen molar-refractivity contribution in [2.45, 2.75) is 25.0 Å². The molecule has 1 saturated carbocycles. The third kappa shape index (κ3) is 2.15. The van der Waals surface area contributed by atoms with Crippen molar-refractivity contribution < 1.29 is 5.11 Å². The van der Waals surface area contributed by atoms with Gasteiger partial charge < -0.3 is 5.11 Å². The Hall–Kier alpha value is -1.65. The average molecular weight is 269 g/mol. The molecule has 0 amide bonds. The van der Waals surface area contributed by atoms with E-state index in [0.717, 1.165) is 25.3 Å². The van der Waals surface area contributed by atoms with Crippen LogP contribution in [-0.4, -0.2) is 38.5 Å². The van der Waals surface area contributed by atoms with Crippen LogP contribution >= 0.6 is 0 Å². The lowest BCUT2D eigenvalue weighted by molar-refractivity contribution is -0.116. The highest BCUT2D eigenvalue weighted by molar-refractivity contribution is 5.33. The third-order valence-corrected chi connectivity index (χ3v) is 4.44. The Bertz CT molecular complexity index is 581. The Morgan fingerprint density at radius 1 is 1.20 bits per heavy atom. The third-order valence-electron chi connectivity index (χ3n) is 4.44. The van der Waals surface area contributed by atoms with Gasteiger partial charge in [-0.3, -0.25) is 4.90 Å². The molecule has 1 aliphatic carbocycles. The van der Waals surface area contributed by atoms with Crippen molar-refractivity contribution in [2.75, 3.05) is 13.1 Å². The largest absolute Gasteiger partial charge is 0.387 e. The molecule has 0 spiro atoms. The van der Waals surface area contributed by atoms with E-state index in [4.69, 9.17) is 0 Å². The Morgan fingerprint density at radius 3 is 2.55 bits per heavy atom. The van der Waals surface area contributed by atoms with Crippen molar-refractivity contribution in [3.05, 3.63) is 48.3 Å². The lowest BCUT2D eigenvalue weighted by atomic mass is 9.88. The Morgan fingerprint density at radius 2 is 1.95 bits per heavy atom. The summed E-state index contributed by atoms with van der Waals surface area (Å²) < 4.78 is 1.86. The summed E-state index contributed by atoms with van der Waals surface area (Å²) >= 11 is 0. The predicted octanol–water partition coefficient (Wildman–Crippen LogP) is 1.83. The van der Waals surface area contributed by atoms with E-state index in [2.05, 4.69) is 34.3 Å². The number of benzene rings is 1. The van der Waals surface area contributed by atoms with E-state index in [1.807, 2.05) is 16.9 Å². The van der Waals surface area contributed by atoms with Crippen LogP contribution in [-0.2, 0) is 6.54 Å². The van der Waals surface area contributed by atoms with Crippen LogP contribution in [0.25, 0.3) is 5.69 Å². The van der Waals surface area contributed by atoms with Crippen molar-refractivity contribution in [1.82, 2.24) is 14.7 Å². The second kappa shape index (κ2) is 4.43. The lowest BCUT2D eigenvalue weighted by Crippen LogP contribution is -2.62. The van der Waals surface area contributed by atoms with Gasteiger partial charge in [0.05, 0.1) is 11.3 Å². The van der Waals surface area contributed by atoms with Gasteiger partial charge in [-0.05, 0) is 42.5 Å². The molecular weight excluding hydrogens is 250 g/mol. The minimum absolute atomic E-state index is 0.380. The number of nitrogens with zero attached hydrogens (tertiary/aromatic N) is 3. The van der Waals surface area contributed by atoms with E-state index in [1.54, 1.807) is 6.20 Å². The van der Waals surface area contributed by atoms with Gasteiger partial charge in [-0.15, -0.1) is 0 Å². The molecule has 1 aromatic carbocycles. The van der Waals surface area contributed by atoms with E-state index < -0.39 is 0 Å². The quantitative estimate of drug-likeness (QED) is 0.920. The maximum Gasteiger partial charge on any atom is 0.0928 e. The van der Waals surface area contributed by atoms with E-state index in [0.29, 0.717) is 5.92 Å². The van der Waals surface area contributed by atoms with Crippen molar-refractivity contribution in [2.24, 2.45) is 5.92 Å². The molecular formula is C16H19N3O. The summed E-state index contributed by atoms with van der Waals surface area (Å²) in [6.07, 6.45) is 6.15. The number of β-amino-alcohol motifs (C(OH)–C–C–N with tert-alkyl or cyclic N) is 1. The second-order valence-electron chi connectivity index (χ2n) is 6.14. The van der Waals surface area contributed by atoms with Crippen molar-refractivity contribution >= 4 is 0 Å². The van der Waals surface area contributed by atoms with Gasteiger partial charge in [0, 0.05) is 32.0 Å². The zero-order valence-electron chi connectivity index (χ0n) is 11.4. The molecule has 0 radical (unpaired) electrons. The molecule has 2 heterocycles. The molecule has 0 unspecified atom stereocenters. The van der Waals surface area contributed by atoms with Crippen LogP contribution in [0.3, 0.4) is 0 Å². The molecule has 2 aliphatic rings. The van der Waals surface area contributed by atoms with Crippen LogP contribution in [0, 0.1) is 5.92 Å². The minimum Gasteiger partial charge on any atom is -0.387 e. The van der Waals surface area contributed by atoms with Gasteiger partial charge in [0.25, 0.3) is 0 Å². The van der Waals surface area contributed by atoms with Gasteiger partial charge in [-0.1, -0.05) is 12.1 Å². The van der Waals surface area contributed by atoms with Crippen LogP contribution in [0.1, 0.15) is 18.4 Å². The second-order valence-corrected chi connectivity index (χ2v) is 6.14. The Labute approximate surface area is 118 Å². The molecule has 1 aromatic heterocycles. The lowest BCUT2D eigenvalue weighted by Gasteiger charge is -2.47. The van der Waals surface area contributed by atoms with Crippen molar-refractivity contribution in [3.63, 3.8) is 0 Å². The van der Waals surface area contributed by atoms with Gasteiger partial charge in [-0.25, -0.2) is 4.68 Å². The summed E-state index contributed by atoms with van der Waals surface area (Å²) in [5.74, 6) is 0.570. The Kier molecular flexibility index (Phi) is 2.69. The fourth-order valence-electron chi connectivity index (χ4n) is 3.15. The normalized spacial score (nSPS) is 21.6. The maximum atomic E-state index is 10.3. The molecule has 4 rings (SSSR count). The average Bonchev–Trinajstić information content (AvgIpc) is 3.14. The van der Waals surface area contributed by atoms with Crippen LogP contribution < -0.4 is 0 Å². The number of aliphatic hydroxyl groups is 1. The highest BCUT2D eigenvalue weighted by Crippen LogP contribution is 2.44. The summed E-state index contributed by atoms with van der Waals surface area (Å²) in [5.41, 5.74) is 1.99. The monoisotopic (exact) mass is 269 g/mol. The number of hydrogen-bond acceptors (Lipinski definition) is 3. The molecule has 1 aliphatic heterocycles. The van der Waals surface area contributed by atoms with Gasteiger partial charge in [0.15, 0.2) is 0 Å². The SMILES string of the molecule is OC1(C2CC2)CN(Cc2ccc(-n3cccn3)cc2)C1. The highest BCUT2D eigenvalue weighted by Gasteiger charge is 2.51. The van der Waals surface area contributed by atoms with Crippen LogP contribution in [0.5, 0.6) is 0 Å². The first-order valence-electron chi connectivity index (χ1n) is 7.27. The van der Waals surface area contributed by atoms with Gasteiger partial charge in [0.1, 0.15) is 0 Å². The summed E-state index contributed by atoms with van der Waals surface area (Å²) in [6.45, 7) is 2.59. The van der Waals surface area contributed by atoms with E-state index in [9.17, 15) is 5.11 Å². The fraction of sp³-hybridized carbons (Fsp3) is 0.438. The first-order valence-corrected chi connectivity index (χ1v) is 7.27. The van der Waals surface area contributed by atoms with Crippen molar-refractivity contribution in [1.29, 1.82) is 0 Å². The van der Waals surface area contributed by atoms with Gasteiger partial charge in [-0.2, -0.15) is 5.10 Å². The van der Waals surface area contributed by atoms with E-state index >= 15 is 0 Å². The predicted molar refractivity (Wildman–Crippen MR) is 76.5 cm³/mol. The molecule has 2 aromatic rings. The zero-order chi connectivity index (χ0) is 13.6. The number of aromatic nitrogens is 2. The van der Waals surface area contributed by atoms with Gasteiger partial charge in [0.2, 0.25) is 0 Å². The summed E-state index contributed by atoms with van der Waals surface area (Å²) in [5, 5.41) is 14.5. The molecule has 4 nitrogen and oxygen atoms in total. The molecule has 20 heavy (non-hydrogen) atoms. The summed E-state index contributed by atoms with van der Waals surface area (Å²) in [7, 11) is 0. The fourth-order valence-corrected chi connectivity index (χ4v) is 3.15. The maximum absolute atomic E-state index is 10.3. The van der Waals surface area contributed by atoms with E-state index in [-0.39, 0.29) is 5.60 Å².